The summed E-state index contributed by atoms with van der Waals surface area (Å²) in [6, 6.07) is 7.90. The van der Waals surface area contributed by atoms with Crippen molar-refractivity contribution in [2.45, 2.75) is 5.16 Å². The second-order valence-electron chi connectivity index (χ2n) is 2.20. The average molecular weight is 163 g/mol. The molecule has 11 heavy (non-hydrogen) atoms. The minimum Gasteiger partial charge on any atom is -0.430 e. The van der Waals surface area contributed by atoms with Gasteiger partial charge in [0.1, 0.15) is 0 Å². The van der Waals surface area contributed by atoms with Gasteiger partial charge in [-0.3, -0.25) is 0 Å². The van der Waals surface area contributed by atoms with Crippen LogP contribution in [-0.4, -0.2) is 11.2 Å². The molecule has 1 heterocycles. The zero-order valence-corrected chi connectivity index (χ0v) is 6.93. The maximum Gasteiger partial charge on any atom is -0.0143 e. The third kappa shape index (κ3) is 1.12. The monoisotopic (exact) mass is 163 g/mol. The summed E-state index contributed by atoms with van der Waals surface area (Å²) in [6.07, 6.45) is 1.98. The molecule has 0 atom stereocenters. The van der Waals surface area contributed by atoms with E-state index in [4.69, 9.17) is 0 Å². The summed E-state index contributed by atoms with van der Waals surface area (Å²) >= 11 is 1.57. The van der Waals surface area contributed by atoms with Crippen LogP contribution in [0.25, 0.3) is 11.0 Å². The molecule has 0 radical (unpaired) electrons. The number of nitrogens with zero attached hydrogens (tertiary/aromatic N) is 2. The molecule has 2 aromatic rings. The molecule has 0 saturated heterocycles. The van der Waals surface area contributed by atoms with Gasteiger partial charge in [0.25, 0.3) is 0 Å². The van der Waals surface area contributed by atoms with Crippen LogP contribution in [0.15, 0.2) is 29.4 Å². The van der Waals surface area contributed by atoms with Crippen LogP contribution in [0.4, 0.5) is 0 Å². The van der Waals surface area contributed by atoms with Gasteiger partial charge in [0, 0.05) is 0 Å². The minimum atomic E-state index is 0.853. The summed E-state index contributed by atoms with van der Waals surface area (Å²) in [5.74, 6) is 0. The number of benzene rings is 1. The predicted octanol–water partition coefficient (Wildman–Crippen LogP) is 1.91. The Balaban J connectivity index is 2.69. The van der Waals surface area contributed by atoms with Gasteiger partial charge in [0.2, 0.25) is 0 Å². The predicted molar refractivity (Wildman–Crippen MR) is 46.8 cm³/mol. The first kappa shape index (κ1) is 6.73. The molecule has 1 aromatic heterocycles. The summed E-state index contributed by atoms with van der Waals surface area (Å²) in [5, 5.41) is 0.853. The summed E-state index contributed by atoms with van der Waals surface area (Å²) in [4.78, 5) is 8.57. The van der Waals surface area contributed by atoms with E-state index in [2.05, 4.69) is 9.97 Å². The molecule has 0 spiro atoms. The Kier molecular flexibility index (Phi) is 1.58. The maximum absolute atomic E-state index is 4.28. The lowest BCUT2D eigenvalue weighted by Gasteiger charge is -1.92. The fourth-order valence-corrected chi connectivity index (χ4v) is 1.35. The van der Waals surface area contributed by atoms with Crippen LogP contribution >= 0.6 is 11.8 Å². The fourth-order valence-electron chi connectivity index (χ4n) is 0.976. The van der Waals surface area contributed by atoms with E-state index in [-0.39, 0.29) is 0 Å². The average Bonchev–Trinajstić information content (AvgIpc) is 2.46. The van der Waals surface area contributed by atoms with Crippen molar-refractivity contribution in [3.05, 3.63) is 24.3 Å². The van der Waals surface area contributed by atoms with Crippen LogP contribution in [-0.2, 0) is 0 Å². The summed E-state index contributed by atoms with van der Waals surface area (Å²) in [6.45, 7) is 0. The van der Waals surface area contributed by atoms with Crippen molar-refractivity contribution in [2.24, 2.45) is 0 Å². The second kappa shape index (κ2) is 2.58. The molecular formula is C8H7N2S-. The third-order valence-electron chi connectivity index (χ3n) is 1.50. The van der Waals surface area contributed by atoms with Crippen LogP contribution in [0, 0.1) is 0 Å². The maximum atomic E-state index is 4.28. The zero-order chi connectivity index (χ0) is 7.68. The lowest BCUT2D eigenvalue weighted by molar-refractivity contribution is 1.07. The lowest BCUT2D eigenvalue weighted by Crippen LogP contribution is -1.71. The number of thioether (sulfide) groups is 1. The number of aromatic nitrogens is 2. The van der Waals surface area contributed by atoms with Crippen LogP contribution in [0.1, 0.15) is 0 Å². The molecule has 1 aromatic carbocycles. The molecule has 2 rings (SSSR count). The van der Waals surface area contributed by atoms with Crippen molar-refractivity contribution in [1.82, 2.24) is 9.97 Å². The van der Waals surface area contributed by atoms with Gasteiger partial charge >= 0.3 is 0 Å². The van der Waals surface area contributed by atoms with E-state index in [1.54, 1.807) is 11.8 Å². The Labute approximate surface area is 69.0 Å². The molecule has 0 bridgehead atoms. The SMILES string of the molecule is CSc1nc2ccccc2[n-]1. The number of fused-ring (bicyclic) bond motifs is 1. The molecule has 0 amide bonds. The van der Waals surface area contributed by atoms with Crippen molar-refractivity contribution in [3.63, 3.8) is 0 Å². The normalized spacial score (nSPS) is 10.6. The lowest BCUT2D eigenvalue weighted by atomic mass is 10.3. The smallest absolute Gasteiger partial charge is 0.0143 e. The number of hydrogen-bond donors (Lipinski definition) is 0. The molecular weight excluding hydrogens is 156 g/mol. The molecule has 56 valence electrons. The Morgan fingerprint density at radius 1 is 1.36 bits per heavy atom. The van der Waals surface area contributed by atoms with Crippen molar-refractivity contribution < 1.29 is 0 Å². The zero-order valence-electron chi connectivity index (χ0n) is 6.11. The van der Waals surface area contributed by atoms with E-state index in [1.165, 1.54) is 0 Å². The summed E-state index contributed by atoms with van der Waals surface area (Å²) in [7, 11) is 0. The summed E-state index contributed by atoms with van der Waals surface area (Å²) in [5.41, 5.74) is 1.97. The highest BCUT2D eigenvalue weighted by molar-refractivity contribution is 7.98. The van der Waals surface area contributed by atoms with Crippen molar-refractivity contribution in [2.75, 3.05) is 6.26 Å². The fraction of sp³-hybridized carbons (Fsp3) is 0.125. The molecule has 0 aliphatic carbocycles. The van der Waals surface area contributed by atoms with E-state index in [0.717, 1.165) is 16.2 Å². The van der Waals surface area contributed by atoms with E-state index in [1.807, 2.05) is 30.5 Å². The van der Waals surface area contributed by atoms with Gasteiger partial charge in [-0.15, -0.1) is 11.8 Å². The molecule has 0 aliphatic heterocycles. The van der Waals surface area contributed by atoms with Crippen molar-refractivity contribution in [1.29, 1.82) is 0 Å². The highest BCUT2D eigenvalue weighted by Gasteiger charge is 1.86. The Bertz CT molecular complexity index is 334. The summed E-state index contributed by atoms with van der Waals surface area (Å²) < 4.78 is 0. The van der Waals surface area contributed by atoms with E-state index in [0.29, 0.717) is 0 Å². The van der Waals surface area contributed by atoms with Gasteiger partial charge in [0.15, 0.2) is 0 Å². The first-order valence-corrected chi connectivity index (χ1v) is 4.56. The molecule has 3 heteroatoms. The molecule has 2 nitrogen and oxygen atoms in total. The van der Waals surface area contributed by atoms with Gasteiger partial charge in [-0.05, 0) is 22.4 Å². The van der Waals surface area contributed by atoms with Crippen LogP contribution in [0.2, 0.25) is 0 Å². The van der Waals surface area contributed by atoms with Gasteiger partial charge in [-0.25, -0.2) is 0 Å². The number of para-hydroxylation sites is 2. The van der Waals surface area contributed by atoms with Crippen molar-refractivity contribution in [3.8, 4) is 0 Å². The van der Waals surface area contributed by atoms with Crippen molar-refractivity contribution >= 4 is 22.8 Å². The number of hydrogen-bond acceptors (Lipinski definition) is 2. The van der Waals surface area contributed by atoms with E-state index < -0.39 is 0 Å². The first-order chi connectivity index (χ1) is 5.40. The van der Waals surface area contributed by atoms with Crippen LogP contribution in [0.5, 0.6) is 0 Å². The molecule has 0 fully saturated rings. The van der Waals surface area contributed by atoms with Crippen LogP contribution in [0.3, 0.4) is 0 Å². The van der Waals surface area contributed by atoms with E-state index in [9.17, 15) is 0 Å². The molecule has 0 N–H and O–H groups in total. The number of imidazole rings is 1. The molecule has 0 aliphatic rings. The van der Waals surface area contributed by atoms with Gasteiger partial charge < -0.3 is 9.97 Å². The number of rotatable bonds is 1. The van der Waals surface area contributed by atoms with Gasteiger partial charge in [-0.2, -0.15) is 0 Å². The van der Waals surface area contributed by atoms with Gasteiger partial charge in [-0.1, -0.05) is 24.3 Å². The Morgan fingerprint density at radius 2 is 2.18 bits per heavy atom. The third-order valence-corrected chi connectivity index (χ3v) is 2.04. The highest BCUT2D eigenvalue weighted by atomic mass is 32.2. The van der Waals surface area contributed by atoms with Gasteiger partial charge in [0.05, 0.1) is 0 Å². The molecule has 0 saturated carbocycles. The largest absolute Gasteiger partial charge is 0.430 e. The molecule has 0 unspecified atom stereocenters. The van der Waals surface area contributed by atoms with Crippen LogP contribution < -0.4 is 4.98 Å². The minimum absolute atomic E-state index is 0.853. The topological polar surface area (TPSA) is 27.0 Å². The van der Waals surface area contributed by atoms with E-state index >= 15 is 0 Å². The Hall–Kier alpha value is -0.960. The highest BCUT2D eigenvalue weighted by Crippen LogP contribution is 2.14. The standard InChI is InChI=1S/C8H7N2S/c1-11-8-9-6-4-2-3-5-7(6)10-8/h2-5H,1H3/q-1. The Morgan fingerprint density at radius 3 is 2.91 bits per heavy atom. The second-order valence-corrected chi connectivity index (χ2v) is 2.97. The quantitative estimate of drug-likeness (QED) is 0.601. The first-order valence-electron chi connectivity index (χ1n) is 3.33.